The highest BCUT2D eigenvalue weighted by Gasteiger charge is 2.15. The Hall–Kier alpha value is -1.97. The third kappa shape index (κ3) is 10.4. The average molecular weight is 391 g/mol. The number of unbranched alkanes of at least 4 members (excludes halogenated alkanes) is 9. The van der Waals surface area contributed by atoms with Gasteiger partial charge in [-0.15, -0.1) is 0 Å². The number of benzene rings is 1. The van der Waals surface area contributed by atoms with Crippen molar-refractivity contribution in [1.29, 1.82) is 0 Å². The number of carbonyl (C=O) groups excluding carboxylic acids is 1. The van der Waals surface area contributed by atoms with Crippen LogP contribution in [-0.2, 0) is 11.2 Å². The molecule has 1 aromatic rings. The summed E-state index contributed by atoms with van der Waals surface area (Å²) in [5.74, 6) is 0.566. The van der Waals surface area contributed by atoms with E-state index >= 15 is 0 Å². The molecular formula is C24H38O4. The molecule has 0 saturated carbocycles. The lowest BCUT2D eigenvalue weighted by molar-refractivity contribution is -0.132. The van der Waals surface area contributed by atoms with Crippen molar-refractivity contribution in [3.05, 3.63) is 29.8 Å². The molecule has 0 saturated heterocycles. The zero-order chi connectivity index (χ0) is 20.6. The van der Waals surface area contributed by atoms with E-state index in [0.29, 0.717) is 11.5 Å². The summed E-state index contributed by atoms with van der Waals surface area (Å²) in [7, 11) is 1.51. The van der Waals surface area contributed by atoms with E-state index in [9.17, 15) is 9.90 Å². The van der Waals surface area contributed by atoms with E-state index in [-0.39, 0.29) is 11.7 Å². The molecule has 0 aliphatic rings. The minimum Gasteiger partial charge on any atom is -0.508 e. The quantitative estimate of drug-likeness (QED) is 0.156. The summed E-state index contributed by atoms with van der Waals surface area (Å²) in [6.45, 7) is 3.62. The first kappa shape index (κ1) is 24.1. The SMILES string of the molecule is CCCCCC/C=C/CCCCCCCc1cc(O)cc(OC)c1OC(C)=O. The van der Waals surface area contributed by atoms with Gasteiger partial charge in [0.05, 0.1) is 7.11 Å². The van der Waals surface area contributed by atoms with Crippen molar-refractivity contribution in [3.63, 3.8) is 0 Å². The van der Waals surface area contributed by atoms with Crippen LogP contribution >= 0.6 is 0 Å². The van der Waals surface area contributed by atoms with Crippen molar-refractivity contribution in [2.24, 2.45) is 0 Å². The number of carbonyl (C=O) groups is 1. The van der Waals surface area contributed by atoms with Crippen molar-refractivity contribution in [2.45, 2.75) is 90.9 Å². The summed E-state index contributed by atoms with van der Waals surface area (Å²) in [4.78, 5) is 11.4. The zero-order valence-electron chi connectivity index (χ0n) is 18.0. The molecule has 0 atom stereocenters. The number of rotatable bonds is 15. The smallest absolute Gasteiger partial charge is 0.308 e. The zero-order valence-corrected chi connectivity index (χ0v) is 18.0. The Balaban J connectivity index is 2.25. The van der Waals surface area contributed by atoms with Crippen LogP contribution in [0.1, 0.15) is 90.0 Å². The number of aromatic hydroxyl groups is 1. The fourth-order valence-corrected chi connectivity index (χ4v) is 3.27. The Labute approximate surface area is 170 Å². The monoisotopic (exact) mass is 390 g/mol. The molecule has 4 nitrogen and oxygen atoms in total. The van der Waals surface area contributed by atoms with Crippen LogP contribution < -0.4 is 9.47 Å². The van der Waals surface area contributed by atoms with Crippen LogP contribution in [0.15, 0.2) is 24.3 Å². The van der Waals surface area contributed by atoms with Crippen LogP contribution in [0.4, 0.5) is 0 Å². The van der Waals surface area contributed by atoms with E-state index in [0.717, 1.165) is 24.8 Å². The van der Waals surface area contributed by atoms with Crippen LogP contribution in [0, 0.1) is 0 Å². The molecule has 0 bridgehead atoms. The molecule has 28 heavy (non-hydrogen) atoms. The molecule has 0 aliphatic heterocycles. The minimum atomic E-state index is -0.386. The van der Waals surface area contributed by atoms with Gasteiger partial charge in [-0.2, -0.15) is 0 Å². The lowest BCUT2D eigenvalue weighted by Crippen LogP contribution is -2.06. The number of phenolic OH excluding ortho intramolecular Hbond substituents is 1. The molecule has 0 radical (unpaired) electrons. The van der Waals surface area contributed by atoms with Gasteiger partial charge in [0.15, 0.2) is 11.5 Å². The van der Waals surface area contributed by atoms with Gasteiger partial charge in [-0.05, 0) is 44.6 Å². The highest BCUT2D eigenvalue weighted by atomic mass is 16.6. The van der Waals surface area contributed by atoms with Crippen LogP contribution in [0.25, 0.3) is 0 Å². The molecule has 0 unspecified atom stereocenters. The maximum atomic E-state index is 11.4. The average Bonchev–Trinajstić information content (AvgIpc) is 2.66. The highest BCUT2D eigenvalue weighted by molar-refractivity contribution is 5.71. The molecule has 1 rings (SSSR count). The van der Waals surface area contributed by atoms with E-state index in [4.69, 9.17) is 9.47 Å². The molecule has 0 fully saturated rings. The van der Waals surface area contributed by atoms with E-state index in [1.165, 1.54) is 77.9 Å². The van der Waals surface area contributed by atoms with E-state index in [1.807, 2.05) is 0 Å². The fraction of sp³-hybridized carbons (Fsp3) is 0.625. The molecule has 0 aromatic heterocycles. The van der Waals surface area contributed by atoms with Gasteiger partial charge in [0.1, 0.15) is 5.75 Å². The van der Waals surface area contributed by atoms with E-state index in [1.54, 1.807) is 6.07 Å². The highest BCUT2D eigenvalue weighted by Crippen LogP contribution is 2.36. The van der Waals surface area contributed by atoms with Crippen LogP contribution in [0.3, 0.4) is 0 Å². The van der Waals surface area contributed by atoms with E-state index in [2.05, 4.69) is 19.1 Å². The molecule has 0 aliphatic carbocycles. The minimum absolute atomic E-state index is 0.129. The van der Waals surface area contributed by atoms with Gasteiger partial charge >= 0.3 is 5.97 Å². The van der Waals surface area contributed by atoms with E-state index < -0.39 is 0 Å². The second-order valence-electron chi connectivity index (χ2n) is 7.36. The van der Waals surface area contributed by atoms with Gasteiger partial charge < -0.3 is 14.6 Å². The number of allylic oxidation sites excluding steroid dienone is 2. The predicted octanol–water partition coefficient (Wildman–Crippen LogP) is 6.74. The summed E-state index contributed by atoms with van der Waals surface area (Å²) in [5, 5.41) is 9.86. The van der Waals surface area contributed by atoms with Gasteiger partial charge in [-0.3, -0.25) is 4.79 Å². The van der Waals surface area contributed by atoms with Gasteiger partial charge in [-0.25, -0.2) is 0 Å². The normalized spacial score (nSPS) is 11.1. The number of hydrogen-bond acceptors (Lipinski definition) is 4. The van der Waals surface area contributed by atoms with Crippen LogP contribution in [0.5, 0.6) is 17.2 Å². The topological polar surface area (TPSA) is 55.8 Å². The Morgan fingerprint density at radius 1 is 0.964 bits per heavy atom. The third-order valence-corrected chi connectivity index (χ3v) is 4.79. The molecule has 158 valence electrons. The molecule has 1 N–H and O–H groups in total. The van der Waals surface area contributed by atoms with Crippen LogP contribution in [-0.4, -0.2) is 18.2 Å². The van der Waals surface area contributed by atoms with Crippen molar-refractivity contribution in [1.82, 2.24) is 0 Å². The first-order valence-electron chi connectivity index (χ1n) is 10.8. The van der Waals surface area contributed by atoms with Gasteiger partial charge in [-0.1, -0.05) is 57.6 Å². The van der Waals surface area contributed by atoms with Gasteiger partial charge in [0, 0.05) is 18.6 Å². The Bertz CT molecular complexity index is 593. The van der Waals surface area contributed by atoms with Crippen molar-refractivity contribution >= 4 is 5.97 Å². The fourth-order valence-electron chi connectivity index (χ4n) is 3.27. The van der Waals surface area contributed by atoms with Crippen molar-refractivity contribution < 1.29 is 19.4 Å². The number of ether oxygens (including phenoxy) is 2. The first-order valence-corrected chi connectivity index (χ1v) is 10.8. The molecule has 4 heteroatoms. The standard InChI is InChI=1S/C24H38O4/c1-4-5-6-7-8-9-10-11-12-13-14-15-16-17-21-18-22(26)19-23(27-3)24(21)28-20(2)25/h9-10,18-19,26H,4-8,11-17H2,1-3H3/b10-9+. The number of aryl methyl sites for hydroxylation is 1. The van der Waals surface area contributed by atoms with Crippen LogP contribution in [0.2, 0.25) is 0 Å². The molecule has 1 aromatic carbocycles. The molecule has 0 heterocycles. The number of hydrogen-bond donors (Lipinski definition) is 1. The molecule has 0 spiro atoms. The third-order valence-electron chi connectivity index (χ3n) is 4.79. The summed E-state index contributed by atoms with van der Waals surface area (Å²) >= 11 is 0. The van der Waals surface area contributed by atoms with Gasteiger partial charge in [0.2, 0.25) is 0 Å². The maximum absolute atomic E-state index is 11.4. The van der Waals surface area contributed by atoms with Crippen molar-refractivity contribution in [3.8, 4) is 17.2 Å². The second-order valence-corrected chi connectivity index (χ2v) is 7.36. The largest absolute Gasteiger partial charge is 0.508 e. The predicted molar refractivity (Wildman–Crippen MR) is 115 cm³/mol. The molecular weight excluding hydrogens is 352 g/mol. The Morgan fingerprint density at radius 2 is 1.57 bits per heavy atom. The Kier molecular flexibility index (Phi) is 12.9. The Morgan fingerprint density at radius 3 is 2.18 bits per heavy atom. The van der Waals surface area contributed by atoms with Crippen molar-refractivity contribution in [2.75, 3.05) is 7.11 Å². The van der Waals surface area contributed by atoms with Gasteiger partial charge in [0.25, 0.3) is 0 Å². The lowest BCUT2D eigenvalue weighted by atomic mass is 10.0. The lowest BCUT2D eigenvalue weighted by Gasteiger charge is -2.14. The number of methoxy groups -OCH3 is 1. The number of esters is 1. The summed E-state index contributed by atoms with van der Waals surface area (Å²) in [5.41, 5.74) is 0.818. The number of phenols is 1. The second kappa shape index (κ2) is 15.0. The summed E-state index contributed by atoms with van der Waals surface area (Å²) in [6, 6.07) is 3.13. The maximum Gasteiger partial charge on any atom is 0.308 e. The summed E-state index contributed by atoms with van der Waals surface area (Å²) < 4.78 is 10.5. The first-order chi connectivity index (χ1) is 13.6. The molecule has 0 amide bonds. The summed E-state index contributed by atoms with van der Waals surface area (Å²) in [6.07, 6.45) is 18.9.